The molecule has 4 rings (SSSR count). The number of methoxy groups -OCH3 is 1. The van der Waals surface area contributed by atoms with Crippen molar-refractivity contribution in [3.05, 3.63) is 63.7 Å². The molecule has 3 nitrogen and oxygen atoms in total. The number of rotatable bonds is 1. The number of hydrogen-bond donors (Lipinski definition) is 1. The van der Waals surface area contributed by atoms with Gasteiger partial charge in [0, 0.05) is 10.9 Å². The van der Waals surface area contributed by atoms with Gasteiger partial charge in [-0.05, 0) is 52.9 Å². The molecule has 2 unspecified atom stereocenters. The van der Waals surface area contributed by atoms with Crippen LogP contribution in [0, 0.1) is 0 Å². The van der Waals surface area contributed by atoms with Crippen molar-refractivity contribution in [3.63, 3.8) is 0 Å². The van der Waals surface area contributed by atoms with E-state index in [-0.39, 0.29) is 17.6 Å². The fourth-order valence-electron chi connectivity index (χ4n) is 3.96. The standard InChI is InChI=1S/C17H13ClO3.BF3/c1-21-16(20)17-8-13(11-4-2-9(18)6-14(11)17)12-5-3-10(19)7-15(12)17;2-1(3)4/h2-7,13,19H,8H2,1H3;. The van der Waals surface area contributed by atoms with Crippen molar-refractivity contribution in [2.45, 2.75) is 17.8 Å². The summed E-state index contributed by atoms with van der Waals surface area (Å²) in [4.78, 5) is 12.6. The Labute approximate surface area is 147 Å². The van der Waals surface area contributed by atoms with Gasteiger partial charge in [-0.3, -0.25) is 17.7 Å². The number of esters is 1. The van der Waals surface area contributed by atoms with Crippen LogP contribution >= 0.6 is 11.6 Å². The van der Waals surface area contributed by atoms with Gasteiger partial charge in [-0.15, -0.1) is 0 Å². The average Bonchev–Trinajstić information content (AvgIpc) is 3.05. The SMILES string of the molecule is COC(=O)C12CC(c3ccc(O)cc31)c1ccc(Cl)cc12.FB(F)F. The summed E-state index contributed by atoms with van der Waals surface area (Å²) in [6, 6.07) is 10.9. The quantitative estimate of drug-likeness (QED) is 0.605. The Morgan fingerprint density at radius 2 is 1.76 bits per heavy atom. The maximum atomic E-state index is 12.6. The maximum absolute atomic E-state index is 12.6. The molecule has 2 aromatic carbocycles. The van der Waals surface area contributed by atoms with Gasteiger partial charge in [0.05, 0.1) is 7.11 Å². The summed E-state index contributed by atoms with van der Waals surface area (Å²) in [5.41, 5.74) is 3.13. The zero-order chi connectivity index (χ0) is 18.4. The lowest BCUT2D eigenvalue weighted by Gasteiger charge is -2.28. The molecule has 1 N–H and O–H groups in total. The van der Waals surface area contributed by atoms with Crippen LogP contribution in [0.3, 0.4) is 0 Å². The molecule has 2 atom stereocenters. The van der Waals surface area contributed by atoms with Crippen LogP contribution in [0.1, 0.15) is 34.6 Å². The van der Waals surface area contributed by atoms with Crippen LogP contribution in [0.5, 0.6) is 5.75 Å². The topological polar surface area (TPSA) is 46.5 Å². The van der Waals surface area contributed by atoms with Crippen LogP contribution < -0.4 is 0 Å². The van der Waals surface area contributed by atoms with Gasteiger partial charge in [0.2, 0.25) is 0 Å². The average molecular weight is 369 g/mol. The molecule has 130 valence electrons. The van der Waals surface area contributed by atoms with E-state index in [0.29, 0.717) is 11.4 Å². The molecule has 0 heterocycles. The van der Waals surface area contributed by atoms with Gasteiger partial charge in [0.25, 0.3) is 0 Å². The number of halogens is 4. The van der Waals surface area contributed by atoms with Crippen molar-refractivity contribution in [1.29, 1.82) is 0 Å². The number of phenols is 1. The third-order valence-electron chi connectivity index (χ3n) is 4.77. The first kappa shape index (κ1) is 17.7. The number of aromatic hydroxyl groups is 1. The molecule has 0 radical (unpaired) electrons. The van der Waals surface area contributed by atoms with Crippen LogP contribution in [0.15, 0.2) is 36.4 Å². The number of ether oxygens (including phenoxy) is 1. The Morgan fingerprint density at radius 1 is 1.20 bits per heavy atom. The Morgan fingerprint density at radius 3 is 2.36 bits per heavy atom. The molecule has 8 heteroatoms. The van der Waals surface area contributed by atoms with E-state index >= 15 is 0 Å². The summed E-state index contributed by atoms with van der Waals surface area (Å²) in [5, 5.41) is 10.4. The van der Waals surface area contributed by atoms with Crippen LogP contribution in [0.25, 0.3) is 0 Å². The zero-order valence-electron chi connectivity index (χ0n) is 13.1. The third-order valence-corrected chi connectivity index (χ3v) is 5.00. The molecule has 2 aliphatic carbocycles. The minimum atomic E-state index is -3.67. The molecule has 0 aliphatic heterocycles. The Hall–Kier alpha value is -2.15. The van der Waals surface area contributed by atoms with E-state index in [2.05, 4.69) is 0 Å². The molecule has 0 fully saturated rings. The first-order valence-corrected chi connectivity index (χ1v) is 7.83. The molecule has 0 saturated heterocycles. The van der Waals surface area contributed by atoms with Crippen molar-refractivity contribution in [1.82, 2.24) is 0 Å². The van der Waals surface area contributed by atoms with E-state index in [1.165, 1.54) is 7.11 Å². The molecular weight excluding hydrogens is 355 g/mol. The minimum absolute atomic E-state index is 0.159. The Bertz CT molecular complexity index is 788. The van der Waals surface area contributed by atoms with E-state index < -0.39 is 13.0 Å². The Balaban J connectivity index is 0.000000415. The lowest BCUT2D eigenvalue weighted by molar-refractivity contribution is -0.145. The number of benzene rings is 2. The van der Waals surface area contributed by atoms with Crippen LogP contribution in [0.2, 0.25) is 5.02 Å². The molecule has 0 amide bonds. The lowest BCUT2D eigenvalue weighted by atomic mass is 9.75. The highest BCUT2D eigenvalue weighted by Crippen LogP contribution is 2.61. The maximum Gasteiger partial charge on any atom is 0.762 e. The predicted molar refractivity (Wildman–Crippen MR) is 87.9 cm³/mol. The number of carbonyl (C=O) groups is 1. The van der Waals surface area contributed by atoms with Gasteiger partial charge < -0.3 is 9.84 Å². The van der Waals surface area contributed by atoms with E-state index in [1.807, 2.05) is 24.3 Å². The van der Waals surface area contributed by atoms with Gasteiger partial charge in [-0.1, -0.05) is 23.7 Å². The lowest BCUT2D eigenvalue weighted by Crippen LogP contribution is -2.35. The first-order valence-electron chi connectivity index (χ1n) is 7.45. The first-order chi connectivity index (χ1) is 11.8. The number of carbonyl (C=O) groups excluding carboxylic acids is 1. The molecule has 0 spiro atoms. The van der Waals surface area contributed by atoms with Crippen LogP contribution in [-0.2, 0) is 14.9 Å². The summed E-state index contributed by atoms with van der Waals surface area (Å²) in [6.07, 6.45) is 0.647. The fraction of sp³-hybridized carbons (Fsp3) is 0.235. The summed E-state index contributed by atoms with van der Waals surface area (Å²) in [6.45, 7) is 0. The van der Waals surface area contributed by atoms with Crippen molar-refractivity contribution in [2.24, 2.45) is 0 Å². The number of fused-ring (bicyclic) bond motifs is 8. The molecule has 2 bridgehead atoms. The Kier molecular flexibility index (Phi) is 4.45. The number of phenolic OH excluding ortho intramolecular Hbond substituents is 1. The van der Waals surface area contributed by atoms with Gasteiger partial charge >= 0.3 is 13.5 Å². The molecule has 25 heavy (non-hydrogen) atoms. The summed E-state index contributed by atoms with van der Waals surface area (Å²) in [5.74, 6) is 0.0259. The summed E-state index contributed by atoms with van der Waals surface area (Å²) in [7, 11) is -2.27. The highest BCUT2D eigenvalue weighted by atomic mass is 35.5. The van der Waals surface area contributed by atoms with E-state index in [4.69, 9.17) is 16.3 Å². The van der Waals surface area contributed by atoms with E-state index in [0.717, 1.165) is 22.3 Å². The van der Waals surface area contributed by atoms with Crippen molar-refractivity contribution < 1.29 is 27.6 Å². The number of hydrogen-bond acceptors (Lipinski definition) is 3. The van der Waals surface area contributed by atoms with Crippen molar-refractivity contribution in [3.8, 4) is 5.75 Å². The van der Waals surface area contributed by atoms with Crippen molar-refractivity contribution in [2.75, 3.05) is 7.11 Å². The second-order valence-electron chi connectivity index (χ2n) is 5.90. The largest absolute Gasteiger partial charge is 0.762 e. The van der Waals surface area contributed by atoms with Gasteiger partial charge in [-0.2, -0.15) is 0 Å². The van der Waals surface area contributed by atoms with Crippen LogP contribution in [0.4, 0.5) is 12.9 Å². The van der Waals surface area contributed by atoms with Crippen LogP contribution in [-0.4, -0.2) is 25.7 Å². The smallest absolute Gasteiger partial charge is 0.508 e. The normalized spacial score (nSPS) is 21.7. The van der Waals surface area contributed by atoms with Crippen molar-refractivity contribution >= 4 is 25.1 Å². The van der Waals surface area contributed by atoms with Gasteiger partial charge in [0.15, 0.2) is 0 Å². The molecule has 2 aliphatic rings. The van der Waals surface area contributed by atoms with Gasteiger partial charge in [-0.25, -0.2) is 0 Å². The second kappa shape index (κ2) is 6.30. The van der Waals surface area contributed by atoms with E-state index in [1.54, 1.807) is 12.1 Å². The van der Waals surface area contributed by atoms with Gasteiger partial charge in [0.1, 0.15) is 11.2 Å². The third kappa shape index (κ3) is 2.67. The second-order valence-corrected chi connectivity index (χ2v) is 6.34. The highest BCUT2D eigenvalue weighted by Gasteiger charge is 2.58. The summed E-state index contributed by atoms with van der Waals surface area (Å²) < 4.78 is 34.1. The van der Waals surface area contributed by atoms with E-state index in [9.17, 15) is 22.8 Å². The monoisotopic (exact) mass is 368 g/mol. The fourth-order valence-corrected chi connectivity index (χ4v) is 4.13. The molecule has 0 aromatic heterocycles. The zero-order valence-corrected chi connectivity index (χ0v) is 13.9. The molecule has 2 aromatic rings. The summed E-state index contributed by atoms with van der Waals surface area (Å²) >= 11 is 6.13. The predicted octanol–water partition coefficient (Wildman–Crippen LogP) is 4.23. The minimum Gasteiger partial charge on any atom is -0.508 e. The highest BCUT2D eigenvalue weighted by molar-refractivity contribution is 6.33. The molecule has 0 saturated carbocycles. The molecular formula is C17H13BClF3O3.